The highest BCUT2D eigenvalue weighted by Crippen LogP contribution is 2.23. The molecular weight excluding hydrogens is 369 g/mol. The second-order valence-electron chi connectivity index (χ2n) is 4.66. The molecule has 0 saturated heterocycles. The number of nitrogens with one attached hydrogen (secondary N) is 1. The number of thioether (sulfide) groups is 1. The quantitative estimate of drug-likeness (QED) is 0.405. The highest BCUT2D eigenvalue weighted by molar-refractivity contribution is 7.99. The van der Waals surface area contributed by atoms with Crippen LogP contribution in [-0.4, -0.2) is 22.9 Å². The molecule has 122 valence electrons. The van der Waals surface area contributed by atoms with Gasteiger partial charge in [-0.05, 0) is 24.3 Å². The average molecular weight is 380 g/mol. The number of hydrazone groups is 1. The summed E-state index contributed by atoms with van der Waals surface area (Å²) in [5.41, 5.74) is 4.40. The fourth-order valence-corrected chi connectivity index (χ4v) is 3.00. The van der Waals surface area contributed by atoms with Gasteiger partial charge in [0.2, 0.25) is 0 Å². The largest absolute Gasteiger partial charge is 0.431 e. The molecule has 24 heavy (non-hydrogen) atoms. The molecule has 3 aromatic rings. The number of nitrogens with zero attached hydrogens (tertiary/aromatic N) is 2. The molecule has 0 unspecified atom stereocenters. The molecule has 0 atom stereocenters. The third kappa shape index (κ3) is 4.08. The van der Waals surface area contributed by atoms with E-state index >= 15 is 0 Å². The van der Waals surface area contributed by atoms with Gasteiger partial charge in [-0.2, -0.15) is 5.10 Å². The lowest BCUT2D eigenvalue weighted by atomic mass is 10.2. The summed E-state index contributed by atoms with van der Waals surface area (Å²) < 4.78 is 5.52. The van der Waals surface area contributed by atoms with Crippen LogP contribution in [0.15, 0.2) is 57.2 Å². The summed E-state index contributed by atoms with van der Waals surface area (Å²) in [6.45, 7) is 0. The van der Waals surface area contributed by atoms with E-state index in [9.17, 15) is 4.79 Å². The van der Waals surface area contributed by atoms with Crippen molar-refractivity contribution in [1.82, 2.24) is 10.4 Å². The van der Waals surface area contributed by atoms with Gasteiger partial charge in [0.25, 0.3) is 11.1 Å². The highest BCUT2D eigenvalue weighted by Gasteiger charge is 2.08. The molecule has 0 spiro atoms. The van der Waals surface area contributed by atoms with Crippen LogP contribution in [0.4, 0.5) is 0 Å². The number of para-hydroxylation sites is 2. The van der Waals surface area contributed by atoms with Gasteiger partial charge in [-0.15, -0.1) is 0 Å². The topological polar surface area (TPSA) is 67.5 Å². The average Bonchev–Trinajstić information content (AvgIpc) is 2.98. The van der Waals surface area contributed by atoms with Gasteiger partial charge in [-0.25, -0.2) is 10.4 Å². The van der Waals surface area contributed by atoms with Gasteiger partial charge in [0, 0.05) is 5.56 Å². The van der Waals surface area contributed by atoms with E-state index in [0.717, 1.165) is 5.52 Å². The van der Waals surface area contributed by atoms with Crippen molar-refractivity contribution in [2.45, 2.75) is 5.22 Å². The second kappa shape index (κ2) is 7.70. The van der Waals surface area contributed by atoms with Crippen molar-refractivity contribution in [3.63, 3.8) is 0 Å². The number of halogens is 2. The fraction of sp³-hybridized carbons (Fsp3) is 0.0625. The molecule has 3 rings (SSSR count). The van der Waals surface area contributed by atoms with Crippen LogP contribution >= 0.6 is 35.0 Å². The normalized spacial score (nSPS) is 11.2. The first-order chi connectivity index (χ1) is 11.6. The first-order valence-electron chi connectivity index (χ1n) is 6.88. The monoisotopic (exact) mass is 379 g/mol. The van der Waals surface area contributed by atoms with Crippen molar-refractivity contribution >= 4 is 58.2 Å². The van der Waals surface area contributed by atoms with Crippen molar-refractivity contribution in [2.75, 3.05) is 5.75 Å². The highest BCUT2D eigenvalue weighted by atomic mass is 35.5. The van der Waals surface area contributed by atoms with Gasteiger partial charge in [0.15, 0.2) is 5.58 Å². The maximum Gasteiger partial charge on any atom is 0.257 e. The second-order valence-corrected chi connectivity index (χ2v) is 6.41. The molecule has 0 radical (unpaired) electrons. The summed E-state index contributed by atoms with van der Waals surface area (Å²) in [5.74, 6) is -0.165. The van der Waals surface area contributed by atoms with Gasteiger partial charge in [0.1, 0.15) is 5.52 Å². The van der Waals surface area contributed by atoms with Crippen LogP contribution in [0, 0.1) is 0 Å². The van der Waals surface area contributed by atoms with E-state index in [1.54, 1.807) is 18.2 Å². The van der Waals surface area contributed by atoms with Gasteiger partial charge < -0.3 is 4.42 Å². The first-order valence-corrected chi connectivity index (χ1v) is 8.62. The summed E-state index contributed by atoms with van der Waals surface area (Å²) in [5, 5.41) is 5.21. The summed E-state index contributed by atoms with van der Waals surface area (Å²) in [7, 11) is 0. The summed E-state index contributed by atoms with van der Waals surface area (Å²) >= 11 is 13.2. The molecule has 1 N–H and O–H groups in total. The number of aromatic nitrogens is 1. The third-order valence-electron chi connectivity index (χ3n) is 2.98. The zero-order valence-corrected chi connectivity index (χ0v) is 14.5. The Kier molecular flexibility index (Phi) is 5.40. The van der Waals surface area contributed by atoms with Crippen molar-refractivity contribution in [2.24, 2.45) is 5.10 Å². The molecule has 0 aliphatic carbocycles. The van der Waals surface area contributed by atoms with Gasteiger partial charge in [-0.3, -0.25) is 4.79 Å². The molecule has 0 fully saturated rings. The summed E-state index contributed by atoms with van der Waals surface area (Å²) in [6, 6.07) is 12.5. The van der Waals surface area contributed by atoms with Crippen molar-refractivity contribution in [3.8, 4) is 0 Å². The smallest absolute Gasteiger partial charge is 0.257 e. The van der Waals surface area contributed by atoms with E-state index in [4.69, 9.17) is 27.6 Å². The number of carbonyl (C=O) groups is 1. The number of amides is 1. The van der Waals surface area contributed by atoms with Gasteiger partial charge in [-0.1, -0.05) is 53.2 Å². The number of benzene rings is 2. The van der Waals surface area contributed by atoms with E-state index in [2.05, 4.69) is 15.5 Å². The van der Waals surface area contributed by atoms with E-state index < -0.39 is 0 Å². The van der Waals surface area contributed by atoms with Crippen molar-refractivity contribution in [3.05, 3.63) is 58.1 Å². The van der Waals surface area contributed by atoms with E-state index in [1.807, 2.05) is 24.3 Å². The lowest BCUT2D eigenvalue weighted by Gasteiger charge is -2.01. The Bertz CT molecular complexity index is 858. The van der Waals surface area contributed by atoms with Crippen LogP contribution < -0.4 is 5.43 Å². The molecule has 0 saturated carbocycles. The third-order valence-corrected chi connectivity index (χ3v) is 4.47. The lowest BCUT2D eigenvalue weighted by Crippen LogP contribution is -2.19. The van der Waals surface area contributed by atoms with Crippen LogP contribution in [0.2, 0.25) is 10.0 Å². The minimum atomic E-state index is -0.290. The number of carbonyl (C=O) groups excluding carboxylic acids is 1. The lowest BCUT2D eigenvalue weighted by molar-refractivity contribution is -0.118. The molecular formula is C16H11Cl2N3O2S. The van der Waals surface area contributed by atoms with E-state index in [0.29, 0.717) is 26.4 Å². The zero-order valence-electron chi connectivity index (χ0n) is 12.2. The molecule has 1 amide bonds. The Hall–Kier alpha value is -2.02. The molecule has 1 aromatic heterocycles. The van der Waals surface area contributed by atoms with Gasteiger partial charge in [0.05, 0.1) is 22.0 Å². The zero-order chi connectivity index (χ0) is 16.9. The number of rotatable bonds is 5. The van der Waals surface area contributed by atoms with E-state index in [1.165, 1.54) is 18.0 Å². The molecule has 8 heteroatoms. The Balaban J connectivity index is 1.55. The predicted octanol–water partition coefficient (Wildman–Crippen LogP) is 4.38. The molecule has 0 aliphatic rings. The Labute approximate surface area is 152 Å². The molecule has 0 bridgehead atoms. The molecule has 5 nitrogen and oxygen atoms in total. The van der Waals surface area contributed by atoms with Crippen LogP contribution in [-0.2, 0) is 4.79 Å². The Morgan fingerprint density at radius 1 is 1.21 bits per heavy atom. The Morgan fingerprint density at radius 3 is 2.71 bits per heavy atom. The van der Waals surface area contributed by atoms with Crippen LogP contribution in [0.1, 0.15) is 5.56 Å². The first kappa shape index (κ1) is 16.8. The van der Waals surface area contributed by atoms with E-state index in [-0.39, 0.29) is 11.7 Å². The molecule has 0 aliphatic heterocycles. The fourth-order valence-electron chi connectivity index (χ4n) is 1.88. The molecule has 2 aromatic carbocycles. The predicted molar refractivity (Wildman–Crippen MR) is 96.9 cm³/mol. The summed E-state index contributed by atoms with van der Waals surface area (Å²) in [4.78, 5) is 16.1. The number of hydrogen-bond acceptors (Lipinski definition) is 5. The van der Waals surface area contributed by atoms with Crippen molar-refractivity contribution < 1.29 is 9.21 Å². The van der Waals surface area contributed by atoms with Crippen LogP contribution in [0.5, 0.6) is 0 Å². The SMILES string of the molecule is O=C(CSc1nc2ccccc2o1)NN=Cc1c(Cl)cccc1Cl. The van der Waals surface area contributed by atoms with Crippen molar-refractivity contribution in [1.29, 1.82) is 0 Å². The minimum Gasteiger partial charge on any atom is -0.431 e. The van der Waals surface area contributed by atoms with Crippen LogP contribution in [0.25, 0.3) is 11.1 Å². The Morgan fingerprint density at radius 2 is 1.96 bits per heavy atom. The number of fused-ring (bicyclic) bond motifs is 1. The molecule has 1 heterocycles. The summed E-state index contributed by atoms with van der Waals surface area (Å²) in [6.07, 6.45) is 1.41. The van der Waals surface area contributed by atoms with Crippen LogP contribution in [0.3, 0.4) is 0 Å². The number of oxazole rings is 1. The maximum atomic E-state index is 11.8. The van der Waals surface area contributed by atoms with Gasteiger partial charge >= 0.3 is 0 Å². The maximum absolute atomic E-state index is 11.8. The minimum absolute atomic E-state index is 0.125. The standard InChI is InChI=1S/C16H11Cl2N3O2S/c17-11-4-3-5-12(18)10(11)8-19-21-15(22)9-24-16-20-13-6-1-2-7-14(13)23-16/h1-8H,9H2,(H,21,22). The number of hydrogen-bond donors (Lipinski definition) is 1.